The molecule has 4 atom stereocenters. The van der Waals surface area contributed by atoms with E-state index in [-0.39, 0.29) is 0 Å². The van der Waals surface area contributed by atoms with Crippen molar-refractivity contribution >= 4 is 0 Å². The summed E-state index contributed by atoms with van der Waals surface area (Å²) in [5, 5.41) is 0. The van der Waals surface area contributed by atoms with Crippen LogP contribution in [0.4, 0.5) is 0 Å². The maximum Gasteiger partial charge on any atom is 0.0644 e. The molecule has 0 aromatic carbocycles. The third-order valence-corrected chi connectivity index (χ3v) is 5.03. The molecule has 0 bridgehead atoms. The van der Waals surface area contributed by atoms with E-state index >= 15 is 0 Å². The van der Waals surface area contributed by atoms with Crippen LogP contribution in [0.2, 0.25) is 0 Å². The maximum atomic E-state index is 6.46. The summed E-state index contributed by atoms with van der Waals surface area (Å²) in [6, 6.07) is 0. The summed E-state index contributed by atoms with van der Waals surface area (Å²) < 4.78 is 6.46. The first kappa shape index (κ1) is 11.8. The monoisotopic (exact) mass is 234 g/mol. The minimum absolute atomic E-state index is 0.547. The smallest absolute Gasteiger partial charge is 0.0644 e. The molecule has 0 aromatic heterocycles. The second-order valence-electron chi connectivity index (χ2n) is 6.13. The lowest BCUT2D eigenvalue weighted by molar-refractivity contribution is -0.106. The van der Waals surface area contributed by atoms with Crippen molar-refractivity contribution in [3.63, 3.8) is 0 Å². The Hall–Kier alpha value is -0.300. The molecule has 0 aromatic rings. The van der Waals surface area contributed by atoms with Crippen molar-refractivity contribution in [1.29, 1.82) is 0 Å². The van der Waals surface area contributed by atoms with E-state index in [9.17, 15) is 0 Å². The van der Waals surface area contributed by atoms with Crippen molar-refractivity contribution in [2.45, 2.75) is 76.9 Å². The second kappa shape index (κ2) is 5.14. The van der Waals surface area contributed by atoms with Gasteiger partial charge in [0.1, 0.15) is 0 Å². The van der Waals surface area contributed by atoms with Crippen LogP contribution in [0.25, 0.3) is 0 Å². The number of hydrogen-bond acceptors (Lipinski definition) is 1. The Bertz CT molecular complexity index is 294. The van der Waals surface area contributed by atoms with E-state index in [4.69, 9.17) is 4.74 Å². The Labute approximate surface area is 106 Å². The third-order valence-electron chi connectivity index (χ3n) is 5.03. The quantitative estimate of drug-likeness (QED) is 0.640. The summed E-state index contributed by atoms with van der Waals surface area (Å²) in [5.74, 6) is 1.57. The molecule has 1 aliphatic heterocycles. The zero-order valence-electron chi connectivity index (χ0n) is 11.2. The van der Waals surface area contributed by atoms with E-state index < -0.39 is 0 Å². The molecule has 3 aliphatic rings. The summed E-state index contributed by atoms with van der Waals surface area (Å²) in [6.07, 6.45) is 15.9. The van der Waals surface area contributed by atoms with Gasteiger partial charge in [0.05, 0.1) is 12.2 Å². The highest BCUT2D eigenvalue weighted by molar-refractivity contribution is 5.20. The van der Waals surface area contributed by atoms with Gasteiger partial charge >= 0.3 is 0 Å². The molecule has 1 saturated heterocycles. The molecule has 0 spiro atoms. The minimum Gasteiger partial charge on any atom is -0.374 e. The Morgan fingerprint density at radius 1 is 1.12 bits per heavy atom. The second-order valence-corrected chi connectivity index (χ2v) is 6.13. The number of allylic oxidation sites excluding steroid dienone is 1. The van der Waals surface area contributed by atoms with Crippen molar-refractivity contribution in [3.05, 3.63) is 11.6 Å². The van der Waals surface area contributed by atoms with Crippen molar-refractivity contribution in [1.82, 2.24) is 0 Å². The van der Waals surface area contributed by atoms with Gasteiger partial charge in [-0.05, 0) is 38.5 Å². The molecule has 2 fully saturated rings. The molecule has 1 heterocycles. The Kier molecular flexibility index (Phi) is 3.56. The molecule has 0 amide bonds. The first-order valence-corrected chi connectivity index (χ1v) is 7.75. The average Bonchev–Trinajstić information content (AvgIpc) is 2.39. The Balaban J connectivity index is 1.83. The molecule has 0 radical (unpaired) electrons. The summed E-state index contributed by atoms with van der Waals surface area (Å²) in [7, 11) is 0. The van der Waals surface area contributed by atoms with E-state index in [1.807, 2.05) is 5.57 Å². The summed E-state index contributed by atoms with van der Waals surface area (Å²) in [6.45, 7) is 2.29. The fourth-order valence-electron chi connectivity index (χ4n) is 4.27. The standard InChI is InChI=1S/C16H26O/c1-2-7-15-13-9-4-3-8-12(13)14-10-5-6-11-16(14)17-15/h8,13-16H,2-7,9-11H2,1H3/t13-,14-,15+,16-/m1/s1. The number of hydrogen-bond donors (Lipinski definition) is 0. The van der Waals surface area contributed by atoms with Crippen molar-refractivity contribution in [2.75, 3.05) is 0 Å². The highest BCUT2D eigenvalue weighted by Crippen LogP contribution is 2.46. The minimum atomic E-state index is 0.547. The van der Waals surface area contributed by atoms with Gasteiger partial charge in [-0.25, -0.2) is 0 Å². The van der Waals surface area contributed by atoms with E-state index in [1.54, 1.807) is 0 Å². The van der Waals surface area contributed by atoms with E-state index in [1.165, 1.54) is 57.8 Å². The van der Waals surface area contributed by atoms with E-state index in [2.05, 4.69) is 13.0 Å². The van der Waals surface area contributed by atoms with Gasteiger partial charge in [0.25, 0.3) is 0 Å². The van der Waals surface area contributed by atoms with Gasteiger partial charge in [-0.2, -0.15) is 0 Å². The van der Waals surface area contributed by atoms with Gasteiger partial charge in [-0.3, -0.25) is 0 Å². The van der Waals surface area contributed by atoms with E-state index in [0.29, 0.717) is 12.2 Å². The lowest BCUT2D eigenvalue weighted by Crippen LogP contribution is -2.45. The molecule has 0 N–H and O–H groups in total. The molecule has 0 unspecified atom stereocenters. The summed E-state index contributed by atoms with van der Waals surface area (Å²) in [4.78, 5) is 0. The van der Waals surface area contributed by atoms with E-state index in [0.717, 1.165) is 11.8 Å². The van der Waals surface area contributed by atoms with Gasteiger partial charge < -0.3 is 4.74 Å². The fourth-order valence-corrected chi connectivity index (χ4v) is 4.27. The van der Waals surface area contributed by atoms with Crippen LogP contribution in [0.5, 0.6) is 0 Å². The van der Waals surface area contributed by atoms with Gasteiger partial charge in [-0.1, -0.05) is 37.8 Å². The van der Waals surface area contributed by atoms with Crippen LogP contribution >= 0.6 is 0 Å². The predicted octanol–water partition coefficient (Wildman–Crippen LogP) is 4.47. The van der Waals surface area contributed by atoms with Crippen LogP contribution in [0.1, 0.15) is 64.7 Å². The van der Waals surface area contributed by atoms with Crippen LogP contribution in [0, 0.1) is 11.8 Å². The average molecular weight is 234 g/mol. The molecule has 2 aliphatic carbocycles. The topological polar surface area (TPSA) is 9.23 Å². The maximum absolute atomic E-state index is 6.46. The van der Waals surface area contributed by atoms with Gasteiger partial charge in [0.15, 0.2) is 0 Å². The largest absolute Gasteiger partial charge is 0.374 e. The van der Waals surface area contributed by atoms with Crippen molar-refractivity contribution < 1.29 is 4.74 Å². The Morgan fingerprint density at radius 2 is 1.94 bits per heavy atom. The fraction of sp³-hybridized carbons (Fsp3) is 0.875. The number of ether oxygens (including phenoxy) is 1. The predicted molar refractivity (Wildman–Crippen MR) is 71.0 cm³/mol. The molecule has 3 rings (SSSR count). The molecular formula is C16H26O. The van der Waals surface area contributed by atoms with Crippen LogP contribution < -0.4 is 0 Å². The van der Waals surface area contributed by atoms with Gasteiger partial charge in [0.2, 0.25) is 0 Å². The van der Waals surface area contributed by atoms with Gasteiger partial charge in [-0.15, -0.1) is 0 Å². The summed E-state index contributed by atoms with van der Waals surface area (Å²) >= 11 is 0. The highest BCUT2D eigenvalue weighted by Gasteiger charge is 2.42. The van der Waals surface area contributed by atoms with Crippen LogP contribution in [0.3, 0.4) is 0 Å². The molecule has 17 heavy (non-hydrogen) atoms. The molecule has 1 heteroatoms. The zero-order chi connectivity index (χ0) is 11.7. The molecular weight excluding hydrogens is 208 g/mol. The first-order chi connectivity index (χ1) is 8.40. The lowest BCUT2D eigenvalue weighted by Gasteiger charge is -2.47. The van der Waals surface area contributed by atoms with Crippen LogP contribution in [-0.2, 0) is 4.74 Å². The molecule has 1 saturated carbocycles. The SMILES string of the molecule is CCC[C@@H]1O[C@@H]2CCCC[C@@H]2C2=CCCC[C@H]21. The van der Waals surface area contributed by atoms with Gasteiger partial charge in [0, 0.05) is 11.8 Å². The number of rotatable bonds is 2. The lowest BCUT2D eigenvalue weighted by atomic mass is 9.68. The zero-order valence-corrected chi connectivity index (χ0v) is 11.2. The number of fused-ring (bicyclic) bond motifs is 3. The van der Waals surface area contributed by atoms with Crippen molar-refractivity contribution in [2.24, 2.45) is 11.8 Å². The Morgan fingerprint density at radius 3 is 2.82 bits per heavy atom. The first-order valence-electron chi connectivity index (χ1n) is 7.75. The molecule has 1 nitrogen and oxygen atoms in total. The van der Waals surface area contributed by atoms with Crippen LogP contribution in [-0.4, -0.2) is 12.2 Å². The highest BCUT2D eigenvalue weighted by atomic mass is 16.5. The summed E-state index contributed by atoms with van der Waals surface area (Å²) in [5.41, 5.74) is 1.81. The normalized spacial score (nSPS) is 41.4. The van der Waals surface area contributed by atoms with Crippen molar-refractivity contribution in [3.8, 4) is 0 Å². The van der Waals surface area contributed by atoms with Crippen LogP contribution in [0.15, 0.2) is 11.6 Å². The third kappa shape index (κ3) is 2.19. The molecule has 96 valence electrons.